The molecule has 0 unspecified atom stereocenters. The Balaban J connectivity index is 1.91. The number of imide groups is 2. The highest BCUT2D eigenvalue weighted by molar-refractivity contribution is 6.09. The fraction of sp³-hybridized carbons (Fsp3) is 0.450. The first kappa shape index (κ1) is 22.9. The van der Waals surface area contributed by atoms with Gasteiger partial charge in [0.05, 0.1) is 0 Å². The molecule has 1 saturated heterocycles. The summed E-state index contributed by atoms with van der Waals surface area (Å²) in [6.45, 7) is 7.26. The number of carbonyl (C=O) groups excluding carboxylic acids is 5. The standard InChI is InChI=1S/C20H26N4O6/c1-12-6-8-13(9-7-12)20(5)16(27)24(18(29)23-20)10-15(26)30-11-14(25)21-17(28)22-19(2,3)4/h6-9H,10-11H2,1-5H3,(H,23,29)(H2,21,22,25,28)/t20-/m0/s1. The van der Waals surface area contributed by atoms with Gasteiger partial charge >= 0.3 is 18.0 Å². The van der Waals surface area contributed by atoms with Crippen molar-refractivity contribution in [1.29, 1.82) is 0 Å². The van der Waals surface area contributed by atoms with Crippen LogP contribution in [0.25, 0.3) is 0 Å². The molecule has 10 heteroatoms. The van der Waals surface area contributed by atoms with Crippen LogP contribution >= 0.6 is 0 Å². The first-order chi connectivity index (χ1) is 13.8. The molecule has 1 aliphatic rings. The maximum absolute atomic E-state index is 12.8. The lowest BCUT2D eigenvalue weighted by atomic mass is 9.91. The Morgan fingerprint density at radius 3 is 2.30 bits per heavy atom. The van der Waals surface area contributed by atoms with Crippen molar-refractivity contribution in [1.82, 2.24) is 20.9 Å². The third-order valence-electron chi connectivity index (χ3n) is 4.30. The number of benzene rings is 1. The predicted octanol–water partition coefficient (Wildman–Crippen LogP) is 0.930. The van der Waals surface area contributed by atoms with Gasteiger partial charge in [0.1, 0.15) is 12.1 Å². The lowest BCUT2D eigenvalue weighted by Gasteiger charge is -2.22. The summed E-state index contributed by atoms with van der Waals surface area (Å²) in [5, 5.41) is 7.12. The van der Waals surface area contributed by atoms with E-state index in [1.807, 2.05) is 24.4 Å². The van der Waals surface area contributed by atoms with E-state index >= 15 is 0 Å². The normalized spacial score (nSPS) is 18.6. The number of esters is 1. The Hall–Kier alpha value is -3.43. The number of aryl methyl sites for hydroxylation is 1. The second kappa shape index (κ2) is 8.52. The van der Waals surface area contributed by atoms with E-state index in [9.17, 15) is 24.0 Å². The average molecular weight is 418 g/mol. The number of amides is 6. The van der Waals surface area contributed by atoms with Crippen molar-refractivity contribution < 1.29 is 28.7 Å². The maximum atomic E-state index is 12.8. The van der Waals surface area contributed by atoms with Crippen molar-refractivity contribution in [3.63, 3.8) is 0 Å². The van der Waals surface area contributed by atoms with Gasteiger partial charge < -0.3 is 15.4 Å². The van der Waals surface area contributed by atoms with Crippen LogP contribution < -0.4 is 16.0 Å². The number of nitrogens with zero attached hydrogens (tertiary/aromatic N) is 1. The molecule has 3 N–H and O–H groups in total. The van der Waals surface area contributed by atoms with Crippen molar-refractivity contribution in [2.75, 3.05) is 13.2 Å². The molecule has 1 heterocycles. The quantitative estimate of drug-likeness (QED) is 0.481. The summed E-state index contributed by atoms with van der Waals surface area (Å²) >= 11 is 0. The molecule has 1 aliphatic heterocycles. The summed E-state index contributed by atoms with van der Waals surface area (Å²) in [7, 11) is 0. The molecule has 1 fully saturated rings. The number of nitrogens with one attached hydrogen (secondary N) is 3. The molecular formula is C20H26N4O6. The van der Waals surface area contributed by atoms with Gasteiger partial charge in [-0.25, -0.2) is 9.59 Å². The number of hydrogen-bond donors (Lipinski definition) is 3. The van der Waals surface area contributed by atoms with E-state index in [0.717, 1.165) is 10.5 Å². The summed E-state index contributed by atoms with van der Waals surface area (Å²) < 4.78 is 4.78. The van der Waals surface area contributed by atoms with Crippen molar-refractivity contribution >= 4 is 29.8 Å². The van der Waals surface area contributed by atoms with Gasteiger partial charge in [-0.1, -0.05) is 29.8 Å². The molecule has 30 heavy (non-hydrogen) atoms. The predicted molar refractivity (Wildman–Crippen MR) is 106 cm³/mol. The highest BCUT2D eigenvalue weighted by Crippen LogP contribution is 2.28. The van der Waals surface area contributed by atoms with Crippen molar-refractivity contribution in [3.05, 3.63) is 35.4 Å². The van der Waals surface area contributed by atoms with Gasteiger partial charge in [-0.2, -0.15) is 0 Å². The van der Waals surface area contributed by atoms with Gasteiger partial charge in [0.15, 0.2) is 6.61 Å². The number of rotatable bonds is 5. The molecule has 162 valence electrons. The second-order valence-corrected chi connectivity index (χ2v) is 8.23. The fourth-order valence-corrected chi connectivity index (χ4v) is 2.78. The monoisotopic (exact) mass is 418 g/mol. The highest BCUT2D eigenvalue weighted by atomic mass is 16.5. The van der Waals surface area contributed by atoms with E-state index in [1.165, 1.54) is 0 Å². The van der Waals surface area contributed by atoms with Crippen LogP contribution in [0.5, 0.6) is 0 Å². The van der Waals surface area contributed by atoms with Crippen molar-refractivity contribution in [2.24, 2.45) is 0 Å². The molecule has 0 aromatic heterocycles. The topological polar surface area (TPSA) is 134 Å². The largest absolute Gasteiger partial charge is 0.454 e. The molecule has 1 atom stereocenters. The molecule has 10 nitrogen and oxygen atoms in total. The van der Waals surface area contributed by atoms with Gasteiger partial charge in [-0.3, -0.25) is 24.6 Å². The van der Waals surface area contributed by atoms with Gasteiger partial charge in [0.2, 0.25) is 0 Å². The lowest BCUT2D eigenvalue weighted by molar-refractivity contribution is -0.150. The molecule has 0 bridgehead atoms. The van der Waals surface area contributed by atoms with Crippen LogP contribution in [-0.2, 0) is 24.7 Å². The molecule has 1 aromatic carbocycles. The molecule has 0 spiro atoms. The van der Waals surface area contributed by atoms with Crippen LogP contribution in [0.15, 0.2) is 24.3 Å². The molecule has 2 rings (SSSR count). The smallest absolute Gasteiger partial charge is 0.326 e. The fourth-order valence-electron chi connectivity index (χ4n) is 2.78. The Bertz CT molecular complexity index is 874. The lowest BCUT2D eigenvalue weighted by Crippen LogP contribution is -2.49. The zero-order valence-corrected chi connectivity index (χ0v) is 17.6. The summed E-state index contributed by atoms with van der Waals surface area (Å²) in [6.07, 6.45) is 0. The van der Waals surface area contributed by atoms with E-state index in [0.29, 0.717) is 5.56 Å². The third-order valence-corrected chi connectivity index (χ3v) is 4.30. The zero-order valence-electron chi connectivity index (χ0n) is 17.6. The Morgan fingerprint density at radius 2 is 1.73 bits per heavy atom. The summed E-state index contributed by atoms with van der Waals surface area (Å²) in [4.78, 5) is 61.1. The Morgan fingerprint density at radius 1 is 1.13 bits per heavy atom. The second-order valence-electron chi connectivity index (χ2n) is 8.23. The van der Waals surface area contributed by atoms with E-state index in [2.05, 4.69) is 10.6 Å². The number of hydrogen-bond acceptors (Lipinski definition) is 6. The van der Waals surface area contributed by atoms with E-state index in [4.69, 9.17) is 4.74 Å². The van der Waals surface area contributed by atoms with Gasteiger partial charge in [0.25, 0.3) is 11.8 Å². The minimum absolute atomic E-state index is 0.547. The SMILES string of the molecule is Cc1ccc([C@]2(C)NC(=O)N(CC(=O)OCC(=O)NC(=O)NC(C)(C)C)C2=O)cc1. The Labute approximate surface area is 174 Å². The number of ether oxygens (including phenoxy) is 1. The van der Waals surface area contributed by atoms with E-state index in [1.54, 1.807) is 39.8 Å². The van der Waals surface area contributed by atoms with Crippen LogP contribution in [0.1, 0.15) is 38.8 Å². The van der Waals surface area contributed by atoms with Crippen molar-refractivity contribution in [2.45, 2.75) is 45.7 Å². The molecular weight excluding hydrogens is 392 g/mol. The molecule has 0 radical (unpaired) electrons. The average Bonchev–Trinajstić information content (AvgIpc) is 2.83. The van der Waals surface area contributed by atoms with E-state index in [-0.39, 0.29) is 0 Å². The van der Waals surface area contributed by atoms with Crippen LogP contribution in [0.2, 0.25) is 0 Å². The summed E-state index contributed by atoms with van der Waals surface area (Å²) in [6, 6.07) is 5.60. The number of urea groups is 2. The van der Waals surface area contributed by atoms with Gasteiger partial charge in [-0.15, -0.1) is 0 Å². The minimum Gasteiger partial charge on any atom is -0.454 e. The van der Waals surface area contributed by atoms with Crippen LogP contribution in [0.3, 0.4) is 0 Å². The highest BCUT2D eigenvalue weighted by Gasteiger charge is 2.49. The molecule has 1 aromatic rings. The molecule has 0 saturated carbocycles. The van der Waals surface area contributed by atoms with Gasteiger partial charge in [-0.05, 0) is 40.2 Å². The van der Waals surface area contributed by atoms with Gasteiger partial charge in [0, 0.05) is 5.54 Å². The van der Waals surface area contributed by atoms with Crippen molar-refractivity contribution in [3.8, 4) is 0 Å². The van der Waals surface area contributed by atoms with E-state index < -0.39 is 54.1 Å². The first-order valence-corrected chi connectivity index (χ1v) is 9.31. The van der Waals surface area contributed by atoms with Crippen LogP contribution in [-0.4, -0.2) is 53.4 Å². The maximum Gasteiger partial charge on any atom is 0.326 e. The van der Waals surface area contributed by atoms with Crippen LogP contribution in [0.4, 0.5) is 9.59 Å². The first-order valence-electron chi connectivity index (χ1n) is 9.31. The minimum atomic E-state index is -1.31. The zero-order chi connectivity index (χ0) is 22.7. The summed E-state index contributed by atoms with van der Waals surface area (Å²) in [5.74, 6) is -2.41. The molecule has 6 amide bonds. The molecule has 0 aliphatic carbocycles. The summed E-state index contributed by atoms with van der Waals surface area (Å²) in [5.41, 5.74) is -0.289. The third kappa shape index (κ3) is 5.56. The van der Waals surface area contributed by atoms with Crippen LogP contribution in [0, 0.1) is 6.92 Å². The number of carbonyl (C=O) groups is 5. The Kier molecular flexibility index (Phi) is 6.49.